The Labute approximate surface area is 230 Å². The van der Waals surface area contributed by atoms with E-state index >= 15 is 0 Å². The summed E-state index contributed by atoms with van der Waals surface area (Å²) < 4.78 is 36.5. The SMILES string of the molecule is CC(C)OC(=O)C(C)NP(=O)(OCCSC(=O)C(C)(C)C)OCC1OC(n2ccc(=O)[nH]c2=O)C(O)C1CO. The van der Waals surface area contributed by atoms with Gasteiger partial charge in [0.1, 0.15) is 12.1 Å². The number of hydrogen-bond acceptors (Lipinski definition) is 12. The zero-order chi connectivity index (χ0) is 29.5. The molecule has 16 heteroatoms. The molecule has 0 aromatic carbocycles. The van der Waals surface area contributed by atoms with Crippen LogP contribution in [-0.2, 0) is 32.7 Å². The summed E-state index contributed by atoms with van der Waals surface area (Å²) in [5.74, 6) is -1.50. The van der Waals surface area contributed by atoms with Crippen LogP contribution in [0.1, 0.15) is 47.8 Å². The molecule has 1 aliphatic rings. The summed E-state index contributed by atoms with van der Waals surface area (Å²) in [6, 6.07) is -0.0281. The monoisotopic (exact) mass is 595 g/mol. The fraction of sp³-hybridized carbons (Fsp3) is 0.739. The maximum Gasteiger partial charge on any atom is 0.406 e. The zero-order valence-corrected chi connectivity index (χ0v) is 24.5. The number of aromatic nitrogens is 2. The van der Waals surface area contributed by atoms with Gasteiger partial charge in [-0.25, -0.2) is 14.4 Å². The van der Waals surface area contributed by atoms with Gasteiger partial charge in [0.25, 0.3) is 5.56 Å². The number of carbonyl (C=O) groups is 2. The van der Waals surface area contributed by atoms with Crippen molar-refractivity contribution in [3.63, 3.8) is 0 Å². The van der Waals surface area contributed by atoms with E-state index in [0.29, 0.717) is 0 Å². The molecule has 0 bridgehead atoms. The van der Waals surface area contributed by atoms with Crippen molar-refractivity contribution in [2.45, 2.75) is 72.1 Å². The summed E-state index contributed by atoms with van der Waals surface area (Å²) in [5.41, 5.74) is -2.05. The number of thioether (sulfide) groups is 1. The first kappa shape index (κ1) is 33.4. The lowest BCUT2D eigenvalue weighted by Crippen LogP contribution is -2.37. The Kier molecular flexibility index (Phi) is 12.1. The fourth-order valence-electron chi connectivity index (χ4n) is 3.45. The zero-order valence-electron chi connectivity index (χ0n) is 22.8. The van der Waals surface area contributed by atoms with Crippen molar-refractivity contribution in [1.82, 2.24) is 14.6 Å². The molecule has 0 amide bonds. The van der Waals surface area contributed by atoms with Crippen molar-refractivity contribution in [3.8, 4) is 0 Å². The number of aliphatic hydroxyl groups excluding tert-OH is 2. The number of aromatic amines is 1. The normalized spacial score (nSPS) is 23.9. The molecule has 1 saturated heterocycles. The number of H-pyrrole nitrogens is 1. The summed E-state index contributed by atoms with van der Waals surface area (Å²) in [6.45, 7) is 8.81. The van der Waals surface area contributed by atoms with Crippen molar-refractivity contribution in [3.05, 3.63) is 33.1 Å². The molecule has 39 heavy (non-hydrogen) atoms. The van der Waals surface area contributed by atoms with E-state index in [1.165, 1.54) is 6.92 Å². The number of nitrogens with one attached hydrogen (secondary N) is 2. The van der Waals surface area contributed by atoms with Crippen LogP contribution in [0.25, 0.3) is 0 Å². The van der Waals surface area contributed by atoms with Gasteiger partial charge in [0.05, 0.1) is 32.0 Å². The summed E-state index contributed by atoms with van der Waals surface area (Å²) in [6.07, 6.45) is -2.98. The van der Waals surface area contributed by atoms with E-state index in [1.807, 2.05) is 0 Å². The molecular formula is C23H38N3O11PS. The molecule has 222 valence electrons. The number of ether oxygens (including phenoxy) is 2. The number of rotatable bonds is 13. The van der Waals surface area contributed by atoms with E-state index in [0.717, 1.165) is 28.6 Å². The Morgan fingerprint density at radius 1 is 1.26 bits per heavy atom. The van der Waals surface area contributed by atoms with Crippen LogP contribution in [0.4, 0.5) is 0 Å². The molecule has 2 rings (SSSR count). The first-order valence-electron chi connectivity index (χ1n) is 12.4. The highest BCUT2D eigenvalue weighted by Gasteiger charge is 2.46. The van der Waals surface area contributed by atoms with Gasteiger partial charge in [0.15, 0.2) is 11.3 Å². The van der Waals surface area contributed by atoms with Crippen LogP contribution in [-0.4, -0.2) is 80.8 Å². The van der Waals surface area contributed by atoms with Gasteiger partial charge in [-0.1, -0.05) is 32.5 Å². The van der Waals surface area contributed by atoms with E-state index in [9.17, 15) is 34.0 Å². The van der Waals surface area contributed by atoms with Gasteiger partial charge in [0, 0.05) is 29.3 Å². The van der Waals surface area contributed by atoms with Crippen LogP contribution in [0.5, 0.6) is 0 Å². The van der Waals surface area contributed by atoms with E-state index in [1.54, 1.807) is 34.6 Å². The number of carbonyl (C=O) groups excluding carboxylic acids is 2. The number of nitrogens with zero attached hydrogens (tertiary/aromatic N) is 1. The molecule has 14 nitrogen and oxygen atoms in total. The van der Waals surface area contributed by atoms with Gasteiger partial charge in [-0.3, -0.25) is 33.0 Å². The number of aliphatic hydroxyl groups is 2. The van der Waals surface area contributed by atoms with Crippen molar-refractivity contribution in [2.24, 2.45) is 11.3 Å². The van der Waals surface area contributed by atoms with Gasteiger partial charge < -0.3 is 19.7 Å². The first-order valence-corrected chi connectivity index (χ1v) is 14.9. The molecule has 1 aromatic rings. The average molecular weight is 596 g/mol. The molecule has 6 unspecified atom stereocenters. The molecule has 1 aliphatic heterocycles. The highest BCUT2D eigenvalue weighted by atomic mass is 32.2. The Balaban J connectivity index is 2.15. The highest BCUT2D eigenvalue weighted by Crippen LogP contribution is 2.46. The third-order valence-electron chi connectivity index (χ3n) is 5.51. The molecule has 0 spiro atoms. The lowest BCUT2D eigenvalue weighted by molar-refractivity contribution is -0.149. The molecule has 0 radical (unpaired) electrons. The largest absolute Gasteiger partial charge is 0.462 e. The van der Waals surface area contributed by atoms with Gasteiger partial charge >= 0.3 is 19.4 Å². The van der Waals surface area contributed by atoms with Crippen molar-refractivity contribution in [1.29, 1.82) is 0 Å². The van der Waals surface area contributed by atoms with Gasteiger partial charge in [0.2, 0.25) is 0 Å². The quantitative estimate of drug-likeness (QED) is 0.142. The number of esters is 1. The minimum Gasteiger partial charge on any atom is -0.462 e. The summed E-state index contributed by atoms with van der Waals surface area (Å²) >= 11 is 0.997. The fourth-order valence-corrected chi connectivity index (χ4v) is 5.84. The predicted octanol–water partition coefficient (Wildman–Crippen LogP) is 0.780. The van der Waals surface area contributed by atoms with Crippen LogP contribution in [0.15, 0.2) is 21.9 Å². The summed E-state index contributed by atoms with van der Waals surface area (Å²) in [4.78, 5) is 50.1. The molecular weight excluding hydrogens is 557 g/mol. The standard InChI is InChI=1S/C23H38N3O11PS/c1-13(2)36-20(30)14(3)25-38(33,34-9-10-39-21(31)23(4,5)6)35-12-16-15(11-27)18(29)19(37-16)26-8-7-17(28)24-22(26)32/h7-8,13-16,18-19,27,29H,9-12H2,1-6H3,(H,25,33)(H,24,28,32). The second-order valence-corrected chi connectivity index (χ2v) is 13.1. The Morgan fingerprint density at radius 3 is 2.49 bits per heavy atom. The Bertz CT molecular complexity index is 1150. The molecule has 0 saturated carbocycles. The maximum absolute atomic E-state index is 13.6. The maximum atomic E-state index is 13.6. The number of hydrogen-bond donors (Lipinski definition) is 4. The van der Waals surface area contributed by atoms with E-state index in [2.05, 4.69) is 10.1 Å². The van der Waals surface area contributed by atoms with Crippen LogP contribution in [0.2, 0.25) is 0 Å². The predicted molar refractivity (Wildman–Crippen MR) is 142 cm³/mol. The van der Waals surface area contributed by atoms with Gasteiger partial charge in [-0.2, -0.15) is 0 Å². The smallest absolute Gasteiger partial charge is 0.406 e. The lowest BCUT2D eigenvalue weighted by atomic mass is 9.99. The highest BCUT2D eigenvalue weighted by molar-refractivity contribution is 8.13. The van der Waals surface area contributed by atoms with Gasteiger partial charge in [-0.05, 0) is 20.8 Å². The molecule has 1 aromatic heterocycles. The molecule has 6 atom stereocenters. The molecule has 0 aliphatic carbocycles. The van der Waals surface area contributed by atoms with Crippen molar-refractivity contribution >= 4 is 30.6 Å². The van der Waals surface area contributed by atoms with E-state index < -0.39 is 80.1 Å². The Morgan fingerprint density at radius 2 is 1.92 bits per heavy atom. The summed E-state index contributed by atoms with van der Waals surface area (Å²) in [5, 5.41) is 23.0. The minimum atomic E-state index is -4.23. The molecule has 2 heterocycles. The van der Waals surface area contributed by atoms with E-state index in [-0.39, 0.29) is 17.5 Å². The van der Waals surface area contributed by atoms with Gasteiger partial charge in [-0.15, -0.1) is 0 Å². The summed E-state index contributed by atoms with van der Waals surface area (Å²) in [7, 11) is -4.23. The molecule has 1 fully saturated rings. The average Bonchev–Trinajstić information content (AvgIpc) is 3.14. The van der Waals surface area contributed by atoms with E-state index in [4.69, 9.17) is 18.5 Å². The molecule has 4 N–H and O–H groups in total. The Hall–Kier alpha value is -1.84. The van der Waals surface area contributed by atoms with Crippen LogP contribution >= 0.6 is 19.5 Å². The minimum absolute atomic E-state index is 0.0913. The van der Waals surface area contributed by atoms with Crippen molar-refractivity contribution in [2.75, 3.05) is 25.6 Å². The first-order chi connectivity index (χ1) is 18.1. The topological polar surface area (TPSA) is 195 Å². The lowest BCUT2D eigenvalue weighted by Gasteiger charge is -2.25. The van der Waals surface area contributed by atoms with Crippen molar-refractivity contribution < 1.29 is 42.9 Å². The third-order valence-corrected chi connectivity index (χ3v) is 8.48. The second-order valence-electron chi connectivity index (χ2n) is 10.3. The second kappa shape index (κ2) is 14.2. The third kappa shape index (κ3) is 9.64. The van der Waals surface area contributed by atoms with Crippen LogP contribution in [0, 0.1) is 11.3 Å². The van der Waals surface area contributed by atoms with Crippen LogP contribution in [0.3, 0.4) is 0 Å². The van der Waals surface area contributed by atoms with Crippen LogP contribution < -0.4 is 16.3 Å².